The summed E-state index contributed by atoms with van der Waals surface area (Å²) in [4.78, 5) is 0. The van der Waals surface area contributed by atoms with Gasteiger partial charge in [-0.3, -0.25) is 0 Å². The maximum atomic E-state index is 5.08. The fraction of sp³-hybridized carbons (Fsp3) is 1.00. The molecule has 2 unspecified atom stereocenters. The van der Waals surface area contributed by atoms with Crippen LogP contribution in [-0.2, 0) is 4.74 Å². The minimum Gasteiger partial charge on any atom is -0.383 e. The van der Waals surface area contributed by atoms with Gasteiger partial charge in [-0.05, 0) is 13.8 Å². The lowest BCUT2D eigenvalue weighted by atomic mass is 10.3. The zero-order valence-corrected chi connectivity index (χ0v) is 11.2. The minimum absolute atomic E-state index is 0.362. The molecule has 1 N–H and O–H groups in total. The van der Waals surface area contributed by atoms with Crippen molar-refractivity contribution >= 4 is 11.8 Å². The number of ether oxygens (including phenoxy) is 1. The molecule has 3 heteroatoms. The first-order valence-corrected chi connectivity index (χ1v) is 6.22. The Labute approximate surface area is 93.2 Å². The van der Waals surface area contributed by atoms with Gasteiger partial charge in [-0.2, -0.15) is 11.8 Å². The molecule has 0 heterocycles. The molecule has 0 aliphatic carbocycles. The van der Waals surface area contributed by atoms with E-state index in [-0.39, 0.29) is 0 Å². The molecule has 0 aliphatic rings. The van der Waals surface area contributed by atoms with Crippen molar-refractivity contribution in [2.75, 3.05) is 19.5 Å². The second-order valence-electron chi connectivity index (χ2n) is 4.85. The zero-order valence-electron chi connectivity index (χ0n) is 10.4. The van der Waals surface area contributed by atoms with E-state index in [0.29, 0.717) is 16.8 Å². The molecule has 0 aromatic heterocycles. The molecule has 0 saturated carbocycles. The Morgan fingerprint density at radius 3 is 2.21 bits per heavy atom. The monoisotopic (exact) mass is 219 g/mol. The predicted molar refractivity (Wildman–Crippen MR) is 66.1 cm³/mol. The first-order chi connectivity index (χ1) is 6.35. The Bertz CT molecular complexity index is 145. The maximum absolute atomic E-state index is 5.08. The molecule has 0 aromatic carbocycles. The van der Waals surface area contributed by atoms with Crippen LogP contribution in [0.4, 0.5) is 0 Å². The average Bonchev–Trinajstić information content (AvgIpc) is 2.00. The quantitative estimate of drug-likeness (QED) is 0.742. The van der Waals surface area contributed by atoms with E-state index in [0.717, 1.165) is 12.4 Å². The molecule has 0 spiro atoms. The summed E-state index contributed by atoms with van der Waals surface area (Å²) in [7, 11) is 1.74. The molecule has 14 heavy (non-hydrogen) atoms. The van der Waals surface area contributed by atoms with E-state index in [1.165, 1.54) is 0 Å². The van der Waals surface area contributed by atoms with Crippen molar-refractivity contribution in [1.82, 2.24) is 5.32 Å². The van der Waals surface area contributed by atoms with Crippen LogP contribution in [0, 0.1) is 0 Å². The molecular formula is C11H25NOS. The van der Waals surface area contributed by atoms with Crippen LogP contribution < -0.4 is 5.32 Å². The lowest BCUT2D eigenvalue weighted by Crippen LogP contribution is -2.39. The van der Waals surface area contributed by atoms with E-state index in [1.807, 2.05) is 11.8 Å². The second kappa shape index (κ2) is 6.70. The number of hydrogen-bond donors (Lipinski definition) is 1. The van der Waals surface area contributed by atoms with Gasteiger partial charge in [0.05, 0.1) is 6.61 Å². The smallest absolute Gasteiger partial charge is 0.0613 e. The highest BCUT2D eigenvalue weighted by Gasteiger charge is 2.13. The van der Waals surface area contributed by atoms with Crippen molar-refractivity contribution in [3.05, 3.63) is 0 Å². The van der Waals surface area contributed by atoms with Gasteiger partial charge in [-0.15, -0.1) is 0 Å². The molecule has 0 aromatic rings. The predicted octanol–water partition coefficient (Wildman–Crippen LogP) is 2.53. The Balaban J connectivity index is 3.59. The molecule has 0 amide bonds. The number of nitrogens with one attached hydrogen (secondary N) is 1. The summed E-state index contributed by atoms with van der Waals surface area (Å²) in [5.41, 5.74) is 0. The first-order valence-electron chi connectivity index (χ1n) is 5.24. The van der Waals surface area contributed by atoms with Crippen LogP contribution in [0.15, 0.2) is 0 Å². The van der Waals surface area contributed by atoms with Crippen molar-refractivity contribution in [2.45, 2.75) is 51.4 Å². The normalized spacial score (nSPS) is 16.7. The highest BCUT2D eigenvalue weighted by Crippen LogP contribution is 2.23. The molecule has 2 atom stereocenters. The molecule has 0 bridgehead atoms. The number of thioether (sulfide) groups is 1. The second-order valence-corrected chi connectivity index (χ2v) is 6.69. The van der Waals surface area contributed by atoms with E-state index in [2.05, 4.69) is 39.9 Å². The van der Waals surface area contributed by atoms with E-state index in [4.69, 9.17) is 4.74 Å². The van der Waals surface area contributed by atoms with Crippen LogP contribution in [-0.4, -0.2) is 36.3 Å². The maximum Gasteiger partial charge on any atom is 0.0613 e. The summed E-state index contributed by atoms with van der Waals surface area (Å²) in [6.07, 6.45) is 0. The Morgan fingerprint density at radius 1 is 1.21 bits per heavy atom. The topological polar surface area (TPSA) is 21.3 Å². The Kier molecular flexibility index (Phi) is 6.83. The van der Waals surface area contributed by atoms with Crippen molar-refractivity contribution in [3.63, 3.8) is 0 Å². The van der Waals surface area contributed by atoms with Gasteiger partial charge in [0.1, 0.15) is 0 Å². The molecule has 0 aliphatic heterocycles. The third-order valence-electron chi connectivity index (χ3n) is 1.75. The number of rotatable bonds is 6. The van der Waals surface area contributed by atoms with Crippen molar-refractivity contribution in [3.8, 4) is 0 Å². The van der Waals surface area contributed by atoms with Gasteiger partial charge in [0, 0.05) is 29.7 Å². The summed E-state index contributed by atoms with van der Waals surface area (Å²) in [5.74, 6) is 1.15. The Morgan fingerprint density at radius 2 is 1.79 bits per heavy atom. The molecule has 2 nitrogen and oxygen atoms in total. The van der Waals surface area contributed by atoms with E-state index in [9.17, 15) is 0 Å². The zero-order chi connectivity index (χ0) is 11.2. The van der Waals surface area contributed by atoms with Gasteiger partial charge < -0.3 is 10.1 Å². The SMILES string of the molecule is COCC(C)NC(C)CSC(C)(C)C. The van der Waals surface area contributed by atoms with E-state index in [1.54, 1.807) is 7.11 Å². The average molecular weight is 219 g/mol. The van der Waals surface area contributed by atoms with Crippen LogP contribution in [0.2, 0.25) is 0 Å². The van der Waals surface area contributed by atoms with Gasteiger partial charge in [0.15, 0.2) is 0 Å². The van der Waals surface area contributed by atoms with Crippen LogP contribution in [0.1, 0.15) is 34.6 Å². The van der Waals surface area contributed by atoms with Gasteiger partial charge in [-0.1, -0.05) is 20.8 Å². The molecule has 0 rings (SSSR count). The molecule has 0 fully saturated rings. The summed E-state index contributed by atoms with van der Waals surface area (Å²) in [6, 6.07) is 0.986. The fourth-order valence-corrected chi connectivity index (χ4v) is 2.05. The van der Waals surface area contributed by atoms with Gasteiger partial charge in [0.25, 0.3) is 0 Å². The summed E-state index contributed by atoms with van der Waals surface area (Å²) in [5, 5.41) is 3.51. The van der Waals surface area contributed by atoms with Gasteiger partial charge >= 0.3 is 0 Å². The van der Waals surface area contributed by atoms with E-state index < -0.39 is 0 Å². The highest BCUT2D eigenvalue weighted by atomic mass is 32.2. The first kappa shape index (κ1) is 14.3. The van der Waals surface area contributed by atoms with Crippen molar-refractivity contribution in [1.29, 1.82) is 0 Å². The standard InChI is InChI=1S/C11H25NOS/c1-9(7-13-6)12-10(2)8-14-11(3,4)5/h9-10,12H,7-8H2,1-6H3. The molecule has 86 valence electrons. The number of methoxy groups -OCH3 is 1. The lowest BCUT2D eigenvalue weighted by Gasteiger charge is -2.23. The fourth-order valence-electron chi connectivity index (χ4n) is 1.21. The summed E-state index contributed by atoms with van der Waals surface area (Å²) >= 11 is 2.00. The van der Waals surface area contributed by atoms with Crippen molar-refractivity contribution in [2.24, 2.45) is 0 Å². The van der Waals surface area contributed by atoms with Crippen LogP contribution >= 0.6 is 11.8 Å². The third-order valence-corrected chi connectivity index (χ3v) is 3.28. The largest absolute Gasteiger partial charge is 0.383 e. The summed E-state index contributed by atoms with van der Waals surface area (Å²) in [6.45, 7) is 11.9. The molecule has 0 radical (unpaired) electrons. The van der Waals surface area contributed by atoms with Crippen LogP contribution in [0.5, 0.6) is 0 Å². The van der Waals surface area contributed by atoms with E-state index >= 15 is 0 Å². The number of hydrogen-bond acceptors (Lipinski definition) is 3. The van der Waals surface area contributed by atoms with Crippen molar-refractivity contribution < 1.29 is 4.74 Å². The molecular weight excluding hydrogens is 194 g/mol. The van der Waals surface area contributed by atoms with Gasteiger partial charge in [-0.25, -0.2) is 0 Å². The van der Waals surface area contributed by atoms with Gasteiger partial charge in [0.2, 0.25) is 0 Å². The third kappa shape index (κ3) is 8.85. The van der Waals surface area contributed by atoms with Crippen LogP contribution in [0.25, 0.3) is 0 Å². The van der Waals surface area contributed by atoms with Crippen LogP contribution in [0.3, 0.4) is 0 Å². The minimum atomic E-state index is 0.362. The highest BCUT2D eigenvalue weighted by molar-refractivity contribution is 8.00. The lowest BCUT2D eigenvalue weighted by molar-refractivity contribution is 0.169. The Hall–Kier alpha value is 0.270. The summed E-state index contributed by atoms with van der Waals surface area (Å²) < 4.78 is 5.44. The molecule has 0 saturated heterocycles.